The van der Waals surface area contributed by atoms with Crippen LogP contribution in [0.15, 0.2) is 30.3 Å². The number of rotatable bonds is 5. The molecule has 1 aromatic rings. The van der Waals surface area contributed by atoms with E-state index in [1.54, 1.807) is 0 Å². The Balaban J connectivity index is 1.91. The first-order chi connectivity index (χ1) is 8.81. The lowest BCUT2D eigenvalue weighted by Crippen LogP contribution is -2.51. The van der Waals surface area contributed by atoms with Gasteiger partial charge in [0.2, 0.25) is 0 Å². The highest BCUT2D eigenvalue weighted by atomic mass is 32.2. The van der Waals surface area contributed by atoms with Gasteiger partial charge in [-0.2, -0.15) is 11.8 Å². The average Bonchev–Trinajstić information content (AvgIpc) is 2.42. The predicted molar refractivity (Wildman–Crippen MR) is 81.2 cm³/mol. The van der Waals surface area contributed by atoms with Crippen molar-refractivity contribution in [2.45, 2.75) is 25.9 Å². The minimum Gasteiger partial charge on any atom is -0.307 e. The summed E-state index contributed by atoms with van der Waals surface area (Å²) in [5, 5.41) is 3.66. The fourth-order valence-electron chi connectivity index (χ4n) is 2.47. The van der Waals surface area contributed by atoms with Crippen LogP contribution >= 0.6 is 11.8 Å². The Hall–Kier alpha value is -0.510. The lowest BCUT2D eigenvalue weighted by atomic mass is 10.0. The first-order valence-corrected chi connectivity index (χ1v) is 8.07. The van der Waals surface area contributed by atoms with Gasteiger partial charge >= 0.3 is 0 Å². The normalized spacial score (nSPS) is 25.2. The van der Waals surface area contributed by atoms with E-state index in [1.807, 2.05) is 11.8 Å². The van der Waals surface area contributed by atoms with E-state index in [-0.39, 0.29) is 0 Å². The van der Waals surface area contributed by atoms with Crippen LogP contribution < -0.4 is 5.32 Å². The van der Waals surface area contributed by atoms with Gasteiger partial charge in [0.25, 0.3) is 0 Å². The van der Waals surface area contributed by atoms with E-state index in [1.165, 1.54) is 23.6 Å². The van der Waals surface area contributed by atoms with E-state index in [0.29, 0.717) is 12.1 Å². The monoisotopic (exact) mass is 264 g/mol. The van der Waals surface area contributed by atoms with Crippen molar-refractivity contribution in [1.29, 1.82) is 0 Å². The molecule has 1 aromatic carbocycles. The first-order valence-electron chi connectivity index (χ1n) is 6.91. The molecule has 2 atom stereocenters. The summed E-state index contributed by atoms with van der Waals surface area (Å²) in [6.45, 7) is 8.00. The van der Waals surface area contributed by atoms with Gasteiger partial charge in [-0.05, 0) is 18.2 Å². The lowest BCUT2D eigenvalue weighted by Gasteiger charge is -2.39. The third kappa shape index (κ3) is 3.74. The summed E-state index contributed by atoms with van der Waals surface area (Å²) in [6.07, 6.45) is 0. The fraction of sp³-hybridized carbons (Fsp3) is 0.600. The molecule has 1 fully saturated rings. The molecule has 1 aliphatic rings. The van der Waals surface area contributed by atoms with Gasteiger partial charge in [-0.25, -0.2) is 0 Å². The molecule has 0 aliphatic carbocycles. The summed E-state index contributed by atoms with van der Waals surface area (Å²) in [4.78, 5) is 2.62. The van der Waals surface area contributed by atoms with E-state index in [2.05, 4.69) is 54.4 Å². The molecule has 2 unspecified atom stereocenters. The molecule has 3 heteroatoms. The van der Waals surface area contributed by atoms with Crippen LogP contribution in [0, 0.1) is 0 Å². The molecule has 1 saturated heterocycles. The number of hydrogen-bond donors (Lipinski definition) is 1. The number of piperazine rings is 1. The summed E-state index contributed by atoms with van der Waals surface area (Å²) in [7, 11) is 0. The van der Waals surface area contributed by atoms with E-state index in [4.69, 9.17) is 0 Å². The quantitative estimate of drug-likeness (QED) is 0.823. The van der Waals surface area contributed by atoms with E-state index in [9.17, 15) is 0 Å². The second-order valence-corrected chi connectivity index (χ2v) is 6.31. The largest absolute Gasteiger partial charge is 0.307 e. The van der Waals surface area contributed by atoms with Crippen molar-refractivity contribution < 1.29 is 0 Å². The summed E-state index contributed by atoms with van der Waals surface area (Å²) >= 11 is 2.04. The highest BCUT2D eigenvalue weighted by molar-refractivity contribution is 7.99. The second kappa shape index (κ2) is 7.17. The zero-order valence-electron chi connectivity index (χ0n) is 11.4. The van der Waals surface area contributed by atoms with Crippen LogP contribution in [-0.4, -0.2) is 42.1 Å². The van der Waals surface area contributed by atoms with Crippen molar-refractivity contribution in [3.05, 3.63) is 35.9 Å². The van der Waals surface area contributed by atoms with Crippen LogP contribution in [0.2, 0.25) is 0 Å². The Morgan fingerprint density at radius 3 is 2.83 bits per heavy atom. The van der Waals surface area contributed by atoms with Gasteiger partial charge in [-0.3, -0.25) is 4.90 Å². The molecule has 0 spiro atoms. The van der Waals surface area contributed by atoms with Gasteiger partial charge in [-0.1, -0.05) is 37.3 Å². The molecule has 0 aromatic heterocycles. The summed E-state index contributed by atoms with van der Waals surface area (Å²) in [5.41, 5.74) is 1.41. The second-order valence-electron chi connectivity index (χ2n) is 4.91. The molecule has 1 heterocycles. The van der Waals surface area contributed by atoms with Gasteiger partial charge in [0, 0.05) is 37.5 Å². The molecule has 0 amide bonds. The van der Waals surface area contributed by atoms with Crippen molar-refractivity contribution in [3.8, 4) is 0 Å². The molecule has 2 rings (SSSR count). The number of thioether (sulfide) groups is 1. The maximum atomic E-state index is 3.66. The highest BCUT2D eigenvalue weighted by Gasteiger charge is 2.25. The number of hydrogen-bond acceptors (Lipinski definition) is 3. The van der Waals surface area contributed by atoms with Crippen molar-refractivity contribution in [3.63, 3.8) is 0 Å². The van der Waals surface area contributed by atoms with Crippen LogP contribution in [0.1, 0.15) is 25.5 Å². The van der Waals surface area contributed by atoms with Crippen LogP contribution in [0.3, 0.4) is 0 Å². The fourth-order valence-corrected chi connectivity index (χ4v) is 3.12. The Labute approximate surface area is 115 Å². The summed E-state index contributed by atoms with van der Waals surface area (Å²) in [5.74, 6) is 2.48. The standard InChI is InChI=1S/C15H24N2S/c1-3-18-10-9-17-12-15(16-11-13(17)2)14-7-5-4-6-8-14/h4-8,13,15-16H,3,9-12H2,1-2H3. The van der Waals surface area contributed by atoms with Crippen LogP contribution in [0.25, 0.3) is 0 Å². The molecule has 0 bridgehead atoms. The Morgan fingerprint density at radius 1 is 1.33 bits per heavy atom. The highest BCUT2D eigenvalue weighted by Crippen LogP contribution is 2.19. The van der Waals surface area contributed by atoms with Crippen molar-refractivity contribution in [1.82, 2.24) is 10.2 Å². The smallest absolute Gasteiger partial charge is 0.0449 e. The topological polar surface area (TPSA) is 15.3 Å². The zero-order valence-corrected chi connectivity index (χ0v) is 12.2. The molecule has 1 N–H and O–H groups in total. The van der Waals surface area contributed by atoms with E-state index < -0.39 is 0 Å². The van der Waals surface area contributed by atoms with Crippen molar-refractivity contribution in [2.75, 3.05) is 31.1 Å². The summed E-state index contributed by atoms with van der Waals surface area (Å²) < 4.78 is 0. The molecule has 1 aliphatic heterocycles. The molecule has 2 nitrogen and oxygen atoms in total. The Bertz CT molecular complexity index is 342. The summed E-state index contributed by atoms with van der Waals surface area (Å²) in [6, 6.07) is 12.0. The first kappa shape index (κ1) is 13.9. The minimum absolute atomic E-state index is 0.494. The van der Waals surface area contributed by atoms with E-state index >= 15 is 0 Å². The molecular weight excluding hydrogens is 240 g/mol. The number of nitrogens with zero attached hydrogens (tertiary/aromatic N) is 1. The Morgan fingerprint density at radius 2 is 2.11 bits per heavy atom. The zero-order chi connectivity index (χ0) is 12.8. The number of benzene rings is 1. The van der Waals surface area contributed by atoms with Gasteiger partial charge in [0.15, 0.2) is 0 Å². The SMILES string of the molecule is CCSCCN1CC(c2ccccc2)NCC1C. The average molecular weight is 264 g/mol. The van der Waals surface area contributed by atoms with Crippen LogP contribution in [-0.2, 0) is 0 Å². The minimum atomic E-state index is 0.494. The maximum absolute atomic E-state index is 3.66. The third-order valence-corrected chi connectivity index (χ3v) is 4.51. The van der Waals surface area contributed by atoms with Crippen LogP contribution in [0.4, 0.5) is 0 Å². The van der Waals surface area contributed by atoms with Crippen LogP contribution in [0.5, 0.6) is 0 Å². The molecule has 100 valence electrons. The maximum Gasteiger partial charge on any atom is 0.0449 e. The van der Waals surface area contributed by atoms with Gasteiger partial charge in [-0.15, -0.1) is 0 Å². The van der Waals surface area contributed by atoms with Crippen molar-refractivity contribution >= 4 is 11.8 Å². The molecule has 18 heavy (non-hydrogen) atoms. The molecular formula is C15H24N2S. The molecule has 0 radical (unpaired) electrons. The van der Waals surface area contributed by atoms with Gasteiger partial charge < -0.3 is 5.32 Å². The Kier molecular flexibility index (Phi) is 5.54. The predicted octanol–water partition coefficient (Wildman–Crippen LogP) is 2.77. The van der Waals surface area contributed by atoms with Gasteiger partial charge in [0.05, 0.1) is 0 Å². The van der Waals surface area contributed by atoms with Gasteiger partial charge in [0.1, 0.15) is 0 Å². The number of nitrogens with one attached hydrogen (secondary N) is 1. The molecule has 0 saturated carbocycles. The third-order valence-electron chi connectivity index (χ3n) is 3.63. The van der Waals surface area contributed by atoms with Crippen molar-refractivity contribution in [2.24, 2.45) is 0 Å². The lowest BCUT2D eigenvalue weighted by molar-refractivity contribution is 0.150. The van der Waals surface area contributed by atoms with E-state index in [0.717, 1.165) is 13.1 Å².